The van der Waals surface area contributed by atoms with Gasteiger partial charge in [0.05, 0.1) is 5.69 Å². The monoisotopic (exact) mass is 352 g/mol. The van der Waals surface area contributed by atoms with Gasteiger partial charge in [-0.25, -0.2) is 0 Å². The van der Waals surface area contributed by atoms with Gasteiger partial charge in [0.1, 0.15) is 0 Å². The van der Waals surface area contributed by atoms with Crippen molar-refractivity contribution in [3.05, 3.63) is 41.2 Å². The highest BCUT2D eigenvalue weighted by Crippen LogP contribution is 2.44. The molecule has 0 unspecified atom stereocenters. The molecule has 1 aliphatic carbocycles. The highest BCUT2D eigenvalue weighted by Gasteiger charge is 2.30. The molecule has 1 aromatic carbocycles. The third-order valence-corrected chi connectivity index (χ3v) is 5.89. The van der Waals surface area contributed by atoms with E-state index in [0.717, 1.165) is 48.4 Å². The lowest BCUT2D eigenvalue weighted by Gasteiger charge is -2.35. The van der Waals surface area contributed by atoms with Crippen molar-refractivity contribution in [2.24, 2.45) is 0 Å². The molecule has 26 heavy (non-hydrogen) atoms. The van der Waals surface area contributed by atoms with Crippen molar-refractivity contribution < 1.29 is 4.79 Å². The first-order chi connectivity index (χ1) is 12.5. The number of hydrogen-bond donors (Lipinski definition) is 1. The predicted molar refractivity (Wildman–Crippen MR) is 103 cm³/mol. The van der Waals surface area contributed by atoms with E-state index in [1.807, 2.05) is 30.1 Å². The number of aryl methyl sites for hydroxylation is 1. The number of piperidine rings is 1. The molecular formula is C21H28N4O. The highest BCUT2D eigenvalue weighted by atomic mass is 16.2. The van der Waals surface area contributed by atoms with Crippen LogP contribution in [-0.2, 0) is 0 Å². The number of H-pyrrole nitrogens is 1. The summed E-state index contributed by atoms with van der Waals surface area (Å²) in [6.07, 6.45) is 4.53. The van der Waals surface area contributed by atoms with Gasteiger partial charge in [0.15, 0.2) is 0 Å². The van der Waals surface area contributed by atoms with E-state index in [-0.39, 0.29) is 5.91 Å². The maximum atomic E-state index is 13.1. The molecule has 4 rings (SSSR count). The van der Waals surface area contributed by atoms with Crippen LogP contribution in [0.25, 0.3) is 11.1 Å². The molecule has 1 aromatic heterocycles. The van der Waals surface area contributed by atoms with E-state index < -0.39 is 0 Å². The molecule has 2 aliphatic rings. The number of benzene rings is 1. The molecule has 5 heteroatoms. The van der Waals surface area contributed by atoms with Gasteiger partial charge in [-0.3, -0.25) is 9.89 Å². The first kappa shape index (κ1) is 17.3. The van der Waals surface area contributed by atoms with E-state index in [9.17, 15) is 4.79 Å². The quantitative estimate of drug-likeness (QED) is 0.917. The number of carbonyl (C=O) groups is 1. The molecule has 2 fully saturated rings. The number of nitrogens with one attached hydrogen (secondary N) is 1. The second kappa shape index (κ2) is 6.88. The van der Waals surface area contributed by atoms with Crippen LogP contribution in [0.2, 0.25) is 0 Å². The Bertz CT molecular complexity index is 800. The number of aromatic nitrogens is 2. The number of carbonyl (C=O) groups excluding carboxylic acids is 1. The van der Waals surface area contributed by atoms with Crippen LogP contribution >= 0.6 is 0 Å². The molecule has 2 heterocycles. The van der Waals surface area contributed by atoms with Crippen LogP contribution in [0.1, 0.15) is 53.3 Å². The lowest BCUT2D eigenvalue weighted by molar-refractivity contribution is 0.0659. The average molecular weight is 352 g/mol. The highest BCUT2D eigenvalue weighted by molar-refractivity contribution is 5.95. The van der Waals surface area contributed by atoms with Gasteiger partial charge in [0, 0.05) is 35.8 Å². The molecule has 2 aromatic rings. The fourth-order valence-corrected chi connectivity index (χ4v) is 4.02. The SMILES string of the molecule is Cc1[nH]nc(C2CC2)c1-c1cccc(C(=O)N(C)C2CCN(C)CC2)c1. The molecule has 1 saturated heterocycles. The Morgan fingerprint density at radius 1 is 1.23 bits per heavy atom. The van der Waals surface area contributed by atoms with Gasteiger partial charge >= 0.3 is 0 Å². The Morgan fingerprint density at radius 3 is 2.65 bits per heavy atom. The zero-order valence-electron chi connectivity index (χ0n) is 16.0. The van der Waals surface area contributed by atoms with Gasteiger partial charge in [0.2, 0.25) is 0 Å². The van der Waals surface area contributed by atoms with Crippen molar-refractivity contribution in [2.45, 2.75) is 44.6 Å². The molecule has 1 saturated carbocycles. The molecule has 0 bridgehead atoms. The molecule has 0 radical (unpaired) electrons. The minimum absolute atomic E-state index is 0.121. The van der Waals surface area contributed by atoms with Crippen molar-refractivity contribution in [2.75, 3.05) is 27.2 Å². The Labute approximate surface area is 155 Å². The van der Waals surface area contributed by atoms with Crippen molar-refractivity contribution in [1.29, 1.82) is 0 Å². The summed E-state index contributed by atoms with van der Waals surface area (Å²) in [4.78, 5) is 17.3. The van der Waals surface area contributed by atoms with Gasteiger partial charge in [-0.05, 0) is 70.4 Å². The van der Waals surface area contributed by atoms with Crippen LogP contribution < -0.4 is 0 Å². The summed E-state index contributed by atoms with van der Waals surface area (Å²) in [7, 11) is 4.09. The smallest absolute Gasteiger partial charge is 0.253 e. The standard InChI is InChI=1S/C21H28N4O/c1-14-19(20(23-22-14)15-7-8-15)16-5-4-6-17(13-16)21(26)25(3)18-9-11-24(2)12-10-18/h4-6,13,15,18H,7-12H2,1-3H3,(H,22,23). The third-order valence-electron chi connectivity index (χ3n) is 5.89. The minimum atomic E-state index is 0.121. The average Bonchev–Trinajstić information content (AvgIpc) is 3.43. The van der Waals surface area contributed by atoms with Gasteiger partial charge in [-0.15, -0.1) is 0 Å². The van der Waals surface area contributed by atoms with Crippen LogP contribution in [0.5, 0.6) is 0 Å². The first-order valence-corrected chi connectivity index (χ1v) is 9.65. The molecule has 1 aliphatic heterocycles. The molecule has 1 amide bonds. The topological polar surface area (TPSA) is 52.2 Å². The molecule has 0 atom stereocenters. The summed E-state index contributed by atoms with van der Waals surface area (Å²) in [5.41, 5.74) is 5.30. The van der Waals surface area contributed by atoms with E-state index >= 15 is 0 Å². The number of hydrogen-bond acceptors (Lipinski definition) is 3. The van der Waals surface area contributed by atoms with Gasteiger partial charge in [-0.1, -0.05) is 12.1 Å². The lowest BCUT2D eigenvalue weighted by atomic mass is 9.98. The van der Waals surface area contributed by atoms with Gasteiger partial charge in [-0.2, -0.15) is 5.10 Å². The van der Waals surface area contributed by atoms with Crippen molar-refractivity contribution in [3.8, 4) is 11.1 Å². The first-order valence-electron chi connectivity index (χ1n) is 9.65. The van der Waals surface area contributed by atoms with Crippen molar-refractivity contribution in [3.63, 3.8) is 0 Å². The number of amides is 1. The number of likely N-dealkylation sites (tertiary alicyclic amines) is 1. The van der Waals surface area contributed by atoms with Crippen LogP contribution in [0, 0.1) is 6.92 Å². The normalized spacial score (nSPS) is 18.9. The van der Waals surface area contributed by atoms with E-state index in [1.165, 1.54) is 18.4 Å². The summed E-state index contributed by atoms with van der Waals surface area (Å²) in [5.74, 6) is 0.701. The van der Waals surface area contributed by atoms with E-state index in [0.29, 0.717) is 12.0 Å². The van der Waals surface area contributed by atoms with E-state index in [4.69, 9.17) is 0 Å². The lowest BCUT2D eigenvalue weighted by Crippen LogP contribution is -2.44. The molecule has 5 nitrogen and oxygen atoms in total. The summed E-state index contributed by atoms with van der Waals surface area (Å²) >= 11 is 0. The molecule has 1 N–H and O–H groups in total. The zero-order valence-corrected chi connectivity index (χ0v) is 16.0. The predicted octanol–water partition coefficient (Wildman–Crippen LogP) is 3.43. The summed E-state index contributed by atoms with van der Waals surface area (Å²) in [6.45, 7) is 4.18. The summed E-state index contributed by atoms with van der Waals surface area (Å²) in [5, 5.41) is 7.65. The molecule has 138 valence electrons. The van der Waals surface area contributed by atoms with Crippen LogP contribution in [0.15, 0.2) is 24.3 Å². The minimum Gasteiger partial charge on any atom is -0.339 e. The largest absolute Gasteiger partial charge is 0.339 e. The summed E-state index contributed by atoms with van der Waals surface area (Å²) in [6, 6.07) is 8.39. The fourth-order valence-electron chi connectivity index (χ4n) is 4.02. The van der Waals surface area contributed by atoms with Crippen molar-refractivity contribution >= 4 is 5.91 Å². The molecule has 0 spiro atoms. The zero-order chi connectivity index (χ0) is 18.3. The van der Waals surface area contributed by atoms with Crippen LogP contribution in [0.4, 0.5) is 0 Å². The summed E-state index contributed by atoms with van der Waals surface area (Å²) < 4.78 is 0. The Kier molecular flexibility index (Phi) is 4.57. The Balaban J connectivity index is 1.58. The van der Waals surface area contributed by atoms with Gasteiger partial charge < -0.3 is 9.80 Å². The third kappa shape index (κ3) is 3.28. The van der Waals surface area contributed by atoms with Crippen molar-refractivity contribution in [1.82, 2.24) is 20.0 Å². The fraction of sp³-hybridized carbons (Fsp3) is 0.524. The van der Waals surface area contributed by atoms with Crippen LogP contribution in [0.3, 0.4) is 0 Å². The van der Waals surface area contributed by atoms with Crippen LogP contribution in [-0.4, -0.2) is 59.1 Å². The molecular weight excluding hydrogens is 324 g/mol. The second-order valence-electron chi connectivity index (χ2n) is 7.91. The maximum Gasteiger partial charge on any atom is 0.253 e. The number of aromatic amines is 1. The maximum absolute atomic E-state index is 13.1. The van der Waals surface area contributed by atoms with Gasteiger partial charge in [0.25, 0.3) is 5.91 Å². The van der Waals surface area contributed by atoms with E-state index in [1.54, 1.807) is 0 Å². The Hall–Kier alpha value is -2.14. The number of nitrogens with zero attached hydrogens (tertiary/aromatic N) is 3. The number of rotatable bonds is 4. The van der Waals surface area contributed by atoms with E-state index in [2.05, 4.69) is 35.1 Å². The Morgan fingerprint density at radius 2 is 1.96 bits per heavy atom. The second-order valence-corrected chi connectivity index (χ2v) is 7.91.